The lowest BCUT2D eigenvalue weighted by Gasteiger charge is -2.56. The summed E-state index contributed by atoms with van der Waals surface area (Å²) in [4.78, 5) is 1.81. The van der Waals surface area contributed by atoms with Crippen molar-refractivity contribution in [3.05, 3.63) is 35.4 Å². The number of aliphatic hydroxyl groups is 1. The summed E-state index contributed by atoms with van der Waals surface area (Å²) < 4.78 is 38.6. The average Bonchev–Trinajstić information content (AvgIpc) is 2.93. The van der Waals surface area contributed by atoms with Crippen molar-refractivity contribution in [2.75, 3.05) is 20.7 Å². The Bertz CT molecular complexity index is 813. The number of rotatable bonds is 1. The number of benzene rings is 1. The highest BCUT2D eigenvalue weighted by molar-refractivity contribution is 5.62. The van der Waals surface area contributed by atoms with E-state index in [2.05, 4.69) is 0 Å². The van der Waals surface area contributed by atoms with Crippen LogP contribution >= 0.6 is 0 Å². The van der Waals surface area contributed by atoms with Crippen LogP contribution in [0.4, 0.5) is 0 Å². The highest BCUT2D eigenvalue weighted by Gasteiger charge is 2.64. The number of ether oxygens (including phenoxy) is 2. The zero-order chi connectivity index (χ0) is 17.8. The lowest BCUT2D eigenvalue weighted by Crippen LogP contribution is -2.64. The molecule has 2 aliphatic carbocycles. The lowest BCUT2D eigenvalue weighted by atomic mass is 9.53. The molecule has 2 aliphatic heterocycles. The summed E-state index contributed by atoms with van der Waals surface area (Å²) in [6, 6.07) is 1.99. The quantitative estimate of drug-likeness (QED) is 0.798. The third kappa shape index (κ3) is 1.28. The molecule has 0 radical (unpaired) electrons. The van der Waals surface area contributed by atoms with Crippen molar-refractivity contribution in [2.24, 2.45) is 5.92 Å². The predicted octanol–water partition coefficient (Wildman–Crippen LogP) is 1.50. The minimum absolute atomic E-state index is 0.400. The Hall–Kier alpha value is -1.52. The first-order valence-electron chi connectivity index (χ1n) is 9.26. The van der Waals surface area contributed by atoms with Crippen molar-refractivity contribution < 1.29 is 18.7 Å². The van der Waals surface area contributed by atoms with Gasteiger partial charge in [-0.25, -0.2) is 0 Å². The third-order valence-electron chi connectivity index (χ3n) is 5.75. The van der Waals surface area contributed by atoms with E-state index in [1.54, 1.807) is 25.3 Å². The zero-order valence-electron chi connectivity index (χ0n) is 15.7. The topological polar surface area (TPSA) is 41.9 Å². The Kier molecular flexibility index (Phi) is 1.90. The summed E-state index contributed by atoms with van der Waals surface area (Å²) in [5.74, 6) is 0.692. The Balaban J connectivity index is 1.93. The minimum Gasteiger partial charge on any atom is -0.493 e. The molecule has 1 fully saturated rings. The molecule has 2 heterocycles. The van der Waals surface area contributed by atoms with E-state index in [0.29, 0.717) is 30.0 Å². The van der Waals surface area contributed by atoms with Crippen LogP contribution in [0.15, 0.2) is 24.3 Å². The summed E-state index contributed by atoms with van der Waals surface area (Å²) in [7, 11) is 3.38. The van der Waals surface area contributed by atoms with Gasteiger partial charge < -0.3 is 19.5 Å². The van der Waals surface area contributed by atoms with Gasteiger partial charge in [0.25, 0.3) is 0 Å². The molecule has 0 amide bonds. The van der Waals surface area contributed by atoms with Crippen molar-refractivity contribution in [2.45, 2.75) is 36.4 Å². The van der Waals surface area contributed by atoms with Crippen LogP contribution in [0.3, 0.4) is 0 Å². The Labute approximate surface area is 134 Å². The number of likely N-dealkylation sites (tertiary alicyclic amines) is 1. The molecule has 4 nitrogen and oxygen atoms in total. The minimum atomic E-state index is -1.88. The summed E-state index contributed by atoms with van der Waals surface area (Å²) in [5.41, 5.74) is 0.699. The van der Waals surface area contributed by atoms with Gasteiger partial charge in [-0.2, -0.15) is 0 Å². The number of likely N-dealkylation sites (N-methyl/N-ethyl adjacent to an activating group) is 1. The van der Waals surface area contributed by atoms with Crippen molar-refractivity contribution in [1.82, 2.24) is 4.90 Å². The molecule has 5 atom stereocenters. The third-order valence-corrected chi connectivity index (χ3v) is 5.75. The Morgan fingerprint density at radius 1 is 1.50 bits per heavy atom. The smallest absolute Gasteiger partial charge is 0.165 e. The van der Waals surface area contributed by atoms with Gasteiger partial charge in [0.1, 0.15) is 12.2 Å². The van der Waals surface area contributed by atoms with Gasteiger partial charge in [-0.1, -0.05) is 18.2 Å². The van der Waals surface area contributed by atoms with Crippen molar-refractivity contribution in [3.63, 3.8) is 0 Å². The maximum absolute atomic E-state index is 10.6. The number of nitrogens with zero attached hydrogens (tertiary/aromatic N) is 1. The second kappa shape index (κ2) is 4.06. The van der Waals surface area contributed by atoms with E-state index >= 15 is 0 Å². The molecule has 5 rings (SSSR count). The number of methoxy groups -OCH3 is 1. The van der Waals surface area contributed by atoms with Gasteiger partial charge in [-0.3, -0.25) is 0 Å². The molecular weight excluding hydrogens is 278 g/mol. The van der Waals surface area contributed by atoms with Gasteiger partial charge in [-0.05, 0) is 38.0 Å². The first kappa shape index (κ1) is 10.3. The first-order valence-corrected chi connectivity index (χ1v) is 7.76. The lowest BCUT2D eigenvalue weighted by molar-refractivity contribution is -0.0453. The molecule has 1 aromatic rings. The molecule has 1 aromatic carbocycles. The Morgan fingerprint density at radius 2 is 2.36 bits per heavy atom. The van der Waals surface area contributed by atoms with E-state index in [1.165, 1.54) is 0 Å². The van der Waals surface area contributed by atoms with Crippen LogP contribution in [0.2, 0.25) is 0 Å². The van der Waals surface area contributed by atoms with E-state index in [1.807, 2.05) is 18.0 Å². The number of hydrogen-bond donors (Lipinski definition) is 1. The number of hydrogen-bond acceptors (Lipinski definition) is 4. The molecule has 1 saturated heterocycles. The second-order valence-electron chi connectivity index (χ2n) is 6.63. The summed E-state index contributed by atoms with van der Waals surface area (Å²) >= 11 is 0. The Morgan fingerprint density at radius 3 is 3.18 bits per heavy atom. The molecule has 0 aromatic heterocycles. The molecule has 116 valence electrons. The van der Waals surface area contributed by atoms with Gasteiger partial charge >= 0.3 is 0 Å². The predicted molar refractivity (Wildman–Crippen MR) is 82.5 cm³/mol. The fourth-order valence-electron chi connectivity index (χ4n) is 4.77. The molecule has 1 N–H and O–H groups in total. The zero-order valence-corrected chi connectivity index (χ0v) is 12.7. The second-order valence-corrected chi connectivity index (χ2v) is 6.63. The van der Waals surface area contributed by atoms with Gasteiger partial charge in [0.2, 0.25) is 0 Å². The van der Waals surface area contributed by atoms with Crippen LogP contribution in [-0.2, 0) is 11.8 Å². The molecule has 1 spiro atoms. The molecular formula is C18H21NO3. The summed E-state index contributed by atoms with van der Waals surface area (Å²) in [6.07, 6.45) is 1.04. The van der Waals surface area contributed by atoms with Crippen LogP contribution in [0.25, 0.3) is 0 Å². The highest BCUT2D eigenvalue weighted by atomic mass is 16.5. The van der Waals surface area contributed by atoms with E-state index in [9.17, 15) is 6.48 Å². The fourth-order valence-corrected chi connectivity index (χ4v) is 4.77. The molecule has 2 unspecified atom stereocenters. The highest BCUT2D eigenvalue weighted by Crippen LogP contribution is 2.62. The summed E-state index contributed by atoms with van der Waals surface area (Å²) in [6.45, 7) is 0.579. The van der Waals surface area contributed by atoms with Gasteiger partial charge in [0.05, 0.1) is 7.11 Å². The molecule has 2 bridgehead atoms. The van der Waals surface area contributed by atoms with Crippen LogP contribution in [0, 0.1) is 5.92 Å². The van der Waals surface area contributed by atoms with Crippen LogP contribution in [0.5, 0.6) is 11.5 Å². The molecule has 4 heteroatoms. The normalized spacial score (nSPS) is 48.7. The van der Waals surface area contributed by atoms with Crippen molar-refractivity contribution in [1.29, 1.82) is 0 Å². The maximum Gasteiger partial charge on any atom is 0.165 e. The van der Waals surface area contributed by atoms with Gasteiger partial charge in [-0.15, -0.1) is 0 Å². The first-order chi connectivity index (χ1) is 11.8. The van der Waals surface area contributed by atoms with Gasteiger partial charge in [0, 0.05) is 27.0 Å². The monoisotopic (exact) mass is 302 g/mol. The summed E-state index contributed by atoms with van der Waals surface area (Å²) in [5, 5.41) is 10.6. The largest absolute Gasteiger partial charge is 0.493 e. The van der Waals surface area contributed by atoms with Crippen molar-refractivity contribution in [3.8, 4) is 11.5 Å². The maximum atomic E-state index is 10.6. The van der Waals surface area contributed by atoms with Crippen LogP contribution in [0.1, 0.15) is 21.7 Å². The average molecular weight is 302 g/mol. The van der Waals surface area contributed by atoms with E-state index in [-0.39, 0.29) is 0 Å². The fraction of sp³-hybridized carbons (Fsp3) is 0.556. The number of piperidine rings is 1. The van der Waals surface area contributed by atoms with E-state index in [4.69, 9.17) is 12.2 Å². The van der Waals surface area contributed by atoms with Gasteiger partial charge in [0.15, 0.2) is 11.5 Å². The van der Waals surface area contributed by atoms with Crippen molar-refractivity contribution >= 4 is 0 Å². The van der Waals surface area contributed by atoms with Crippen LogP contribution < -0.4 is 9.47 Å². The number of aliphatic hydroxyl groups excluding tert-OH is 1. The molecule has 4 aliphatic rings. The van der Waals surface area contributed by atoms with E-state index < -0.39 is 35.9 Å². The standard InChI is InChI=1S/C18H21NO3/c1-19-8-7-18-11-4-5-13(20)17(18)22-16-14(21-2)6-3-10(15(16)18)9-12(11)19/h3-6,11-13,17,20H,7-9H2,1-2H3/t11-,12+,13?,17?,18-/m0/s1/i9D2,12D. The van der Waals surface area contributed by atoms with E-state index in [0.717, 1.165) is 5.56 Å². The van der Waals surface area contributed by atoms with Crippen LogP contribution in [-0.4, -0.2) is 48.9 Å². The SMILES string of the molecule is [2H]C1([2H])c2ccc(OC)c3c2[C@]24CCN(C)[C@@]1([2H])[C@@H]2C=CC(O)C4O3. The molecule has 0 saturated carbocycles. The molecule has 22 heavy (non-hydrogen) atoms.